The van der Waals surface area contributed by atoms with Gasteiger partial charge in [-0.05, 0) is 98.3 Å². The largest absolute Gasteiger partial charge is 0.445 e. The number of aliphatic hydroxyl groups is 1. The summed E-state index contributed by atoms with van der Waals surface area (Å²) in [5.74, 6) is -0.213. The van der Waals surface area contributed by atoms with Gasteiger partial charge in [-0.2, -0.15) is 0 Å². The van der Waals surface area contributed by atoms with Crippen molar-refractivity contribution < 1.29 is 19.0 Å². The molecular weight excluding hydrogens is 491 g/mol. The fourth-order valence-electron chi connectivity index (χ4n) is 6.52. The molecule has 0 radical (unpaired) electrons. The molecule has 2 unspecified atom stereocenters. The summed E-state index contributed by atoms with van der Waals surface area (Å²) in [7, 11) is 0. The van der Waals surface area contributed by atoms with E-state index in [4.69, 9.17) is 9.73 Å². The van der Waals surface area contributed by atoms with Crippen molar-refractivity contribution in [3.63, 3.8) is 0 Å². The summed E-state index contributed by atoms with van der Waals surface area (Å²) >= 11 is 0. The molecule has 5 rings (SSSR count). The number of rotatable bonds is 8. The number of aryl methyl sites for hydroxylation is 1. The van der Waals surface area contributed by atoms with E-state index in [1.54, 1.807) is 0 Å². The molecule has 1 fully saturated rings. The van der Waals surface area contributed by atoms with Gasteiger partial charge in [0.2, 0.25) is 0 Å². The zero-order valence-corrected chi connectivity index (χ0v) is 23.0. The molecule has 6 heteroatoms. The number of hydrogen-bond acceptors (Lipinski definition) is 4. The van der Waals surface area contributed by atoms with Crippen LogP contribution in [0.15, 0.2) is 76.3 Å². The Balaban J connectivity index is 1.26. The highest BCUT2D eigenvalue weighted by Gasteiger charge is 2.54. The Morgan fingerprint density at radius 3 is 2.67 bits per heavy atom. The van der Waals surface area contributed by atoms with Crippen molar-refractivity contribution in [3.05, 3.63) is 93.8 Å². The van der Waals surface area contributed by atoms with Crippen molar-refractivity contribution in [3.8, 4) is 0 Å². The minimum atomic E-state index is -0.821. The van der Waals surface area contributed by atoms with Gasteiger partial charge >= 0.3 is 6.09 Å². The molecule has 0 spiro atoms. The first-order valence-corrected chi connectivity index (χ1v) is 14.2. The number of fused-ring (bicyclic) bond motifs is 1. The Bertz CT molecular complexity index is 1300. The first-order chi connectivity index (χ1) is 18.8. The van der Waals surface area contributed by atoms with Crippen LogP contribution in [-0.2, 0) is 24.2 Å². The average molecular weight is 531 g/mol. The maximum atomic E-state index is 13.3. The van der Waals surface area contributed by atoms with Gasteiger partial charge in [0.25, 0.3) is 0 Å². The minimum absolute atomic E-state index is 0.170. The number of allylic oxidation sites excluding steroid dienone is 3. The number of amides is 1. The van der Waals surface area contributed by atoms with Crippen LogP contribution in [0.2, 0.25) is 0 Å². The summed E-state index contributed by atoms with van der Waals surface area (Å²) in [6.45, 7) is 4.82. The molecule has 3 atom stereocenters. The Labute approximate surface area is 230 Å². The predicted octanol–water partition coefficient (Wildman–Crippen LogP) is 6.64. The van der Waals surface area contributed by atoms with Gasteiger partial charge in [0.05, 0.1) is 11.6 Å². The van der Waals surface area contributed by atoms with Gasteiger partial charge in [-0.15, -0.1) is 0 Å². The molecule has 39 heavy (non-hydrogen) atoms. The molecule has 1 aliphatic heterocycles. The van der Waals surface area contributed by atoms with Crippen LogP contribution in [0, 0.1) is 11.2 Å². The average Bonchev–Trinajstić information content (AvgIpc) is 3.05. The first-order valence-electron chi connectivity index (χ1n) is 14.2. The van der Waals surface area contributed by atoms with Crippen LogP contribution in [0.4, 0.5) is 9.18 Å². The third-order valence-electron chi connectivity index (χ3n) is 9.03. The Morgan fingerprint density at radius 1 is 1.13 bits per heavy atom. The van der Waals surface area contributed by atoms with Gasteiger partial charge in [-0.3, -0.25) is 4.99 Å². The second-order valence-electron chi connectivity index (χ2n) is 11.4. The Kier molecular flexibility index (Phi) is 8.03. The number of nitrogens with zero attached hydrogens (tertiary/aromatic N) is 1. The zero-order chi connectivity index (χ0) is 27.5. The van der Waals surface area contributed by atoms with Crippen molar-refractivity contribution in [2.45, 2.75) is 83.5 Å². The van der Waals surface area contributed by atoms with Crippen LogP contribution >= 0.6 is 0 Å². The lowest BCUT2D eigenvalue weighted by atomic mass is 9.64. The predicted molar refractivity (Wildman–Crippen MR) is 152 cm³/mol. The van der Waals surface area contributed by atoms with E-state index < -0.39 is 11.7 Å². The number of benzene rings is 2. The number of alkyl carbamates (subject to hydrolysis) is 1. The quantitative estimate of drug-likeness (QED) is 0.402. The molecule has 1 heterocycles. The van der Waals surface area contributed by atoms with E-state index in [-0.39, 0.29) is 23.9 Å². The molecule has 1 saturated carbocycles. The highest BCUT2D eigenvalue weighted by molar-refractivity contribution is 5.82. The molecule has 0 bridgehead atoms. The molecule has 1 amide bonds. The molecule has 5 nitrogen and oxygen atoms in total. The third-order valence-corrected chi connectivity index (χ3v) is 9.03. The fraction of sp³-hybridized carbons (Fsp3) is 0.455. The number of hydrogen-bond donors (Lipinski definition) is 2. The van der Waals surface area contributed by atoms with Crippen molar-refractivity contribution in [2.75, 3.05) is 6.54 Å². The van der Waals surface area contributed by atoms with Crippen molar-refractivity contribution in [1.82, 2.24) is 5.32 Å². The molecule has 206 valence electrons. The summed E-state index contributed by atoms with van der Waals surface area (Å²) in [6, 6.07) is 14.9. The highest BCUT2D eigenvalue weighted by atomic mass is 19.1. The molecule has 0 aromatic heterocycles. The maximum Gasteiger partial charge on any atom is 0.407 e. The van der Waals surface area contributed by atoms with Crippen LogP contribution in [0.1, 0.15) is 69.1 Å². The van der Waals surface area contributed by atoms with E-state index in [9.17, 15) is 14.3 Å². The summed E-state index contributed by atoms with van der Waals surface area (Å²) in [5, 5.41) is 14.7. The van der Waals surface area contributed by atoms with E-state index in [1.807, 2.05) is 43.5 Å². The number of halogens is 1. The van der Waals surface area contributed by atoms with E-state index in [0.29, 0.717) is 19.4 Å². The number of aliphatic imine (C=N–C) groups is 1. The molecule has 2 aromatic carbocycles. The molecule has 2 aromatic rings. The summed E-state index contributed by atoms with van der Waals surface area (Å²) in [5.41, 5.74) is 5.96. The minimum Gasteiger partial charge on any atom is -0.445 e. The smallest absolute Gasteiger partial charge is 0.407 e. The number of nitrogens with one attached hydrogen (secondary N) is 1. The van der Waals surface area contributed by atoms with Crippen molar-refractivity contribution in [1.29, 1.82) is 0 Å². The Hall–Kier alpha value is -3.25. The highest BCUT2D eigenvalue weighted by Crippen LogP contribution is 2.58. The topological polar surface area (TPSA) is 70.9 Å². The second kappa shape index (κ2) is 11.5. The number of carbonyl (C=O) groups is 1. The van der Waals surface area contributed by atoms with E-state index in [1.165, 1.54) is 28.9 Å². The molecule has 2 N–H and O–H groups in total. The Morgan fingerprint density at radius 2 is 1.90 bits per heavy atom. The number of carbonyl (C=O) groups excluding carboxylic acids is 1. The van der Waals surface area contributed by atoms with Gasteiger partial charge < -0.3 is 15.2 Å². The van der Waals surface area contributed by atoms with Gasteiger partial charge in [0.15, 0.2) is 0 Å². The standard InChI is InChI=1S/C33H39FN2O3/c1-3-35-31(37)39-22-26-7-5-4-6-24(26)14-16-33(38)17-15-28-19-25-10-13-30(18-23-8-11-29(34)12-9-23)36-21-27(25)20-32(28,33)2/h4-9,11-12,19,21,30,38H,3,10,13-18,20,22H2,1-2H3,(H,35,37)/t30?,32?,33-/m0/s1. The van der Waals surface area contributed by atoms with Crippen LogP contribution in [0.5, 0.6) is 0 Å². The van der Waals surface area contributed by atoms with Crippen LogP contribution in [0.25, 0.3) is 0 Å². The number of ether oxygens (including phenoxy) is 1. The fourth-order valence-corrected chi connectivity index (χ4v) is 6.52. The SMILES string of the molecule is CCNC(=O)OCc1ccccc1CC[C@]1(O)CCC2=CC3=C(C=NC(Cc4ccc(F)cc4)CC3)CC21C. The normalized spacial score (nSPS) is 25.9. The van der Waals surface area contributed by atoms with Gasteiger partial charge in [0, 0.05) is 18.2 Å². The summed E-state index contributed by atoms with van der Waals surface area (Å²) in [4.78, 5) is 16.7. The first kappa shape index (κ1) is 27.3. The van der Waals surface area contributed by atoms with Crippen molar-refractivity contribution >= 4 is 12.3 Å². The lowest BCUT2D eigenvalue weighted by molar-refractivity contribution is -0.0460. The van der Waals surface area contributed by atoms with Gasteiger partial charge in [-0.25, -0.2) is 9.18 Å². The van der Waals surface area contributed by atoms with Crippen LogP contribution in [0.3, 0.4) is 0 Å². The maximum absolute atomic E-state index is 13.3. The lowest BCUT2D eigenvalue weighted by Crippen LogP contribution is -2.44. The van der Waals surface area contributed by atoms with E-state index in [2.05, 4.69) is 24.4 Å². The van der Waals surface area contributed by atoms with E-state index in [0.717, 1.165) is 55.2 Å². The zero-order valence-electron chi connectivity index (χ0n) is 23.0. The summed E-state index contributed by atoms with van der Waals surface area (Å²) in [6.07, 6.45) is 10.5. The monoisotopic (exact) mass is 530 g/mol. The molecule has 2 aliphatic carbocycles. The third kappa shape index (κ3) is 5.86. The summed E-state index contributed by atoms with van der Waals surface area (Å²) < 4.78 is 18.7. The van der Waals surface area contributed by atoms with Crippen LogP contribution in [-0.4, -0.2) is 35.6 Å². The van der Waals surface area contributed by atoms with E-state index >= 15 is 0 Å². The lowest BCUT2D eigenvalue weighted by Gasteiger charge is -2.43. The van der Waals surface area contributed by atoms with Crippen molar-refractivity contribution in [2.24, 2.45) is 10.4 Å². The molecular formula is C33H39FN2O3. The van der Waals surface area contributed by atoms with Gasteiger partial charge in [0.1, 0.15) is 12.4 Å². The molecule has 0 saturated heterocycles. The molecule has 3 aliphatic rings. The second-order valence-corrected chi connectivity index (χ2v) is 11.4. The van der Waals surface area contributed by atoms with Gasteiger partial charge in [-0.1, -0.05) is 55.0 Å². The van der Waals surface area contributed by atoms with Crippen LogP contribution < -0.4 is 5.32 Å².